The lowest BCUT2D eigenvalue weighted by atomic mass is 10.0. The molecule has 0 N–H and O–H groups in total. The van der Waals surface area contributed by atoms with E-state index in [1.54, 1.807) is 26.0 Å². The Hall–Kier alpha value is -2.36. The van der Waals surface area contributed by atoms with E-state index >= 15 is 0 Å². The molecule has 0 unspecified atom stereocenters. The summed E-state index contributed by atoms with van der Waals surface area (Å²) >= 11 is 0. The summed E-state index contributed by atoms with van der Waals surface area (Å²) in [6.45, 7) is 3.86. The Bertz CT molecular complexity index is 557. The zero-order chi connectivity index (χ0) is 15.2. The molecule has 0 saturated carbocycles. The maximum Gasteiger partial charge on any atom is 0.324 e. The minimum Gasteiger partial charge on any atom is -0.465 e. The minimum absolute atomic E-state index is 0.223. The van der Waals surface area contributed by atoms with E-state index in [0.717, 1.165) is 11.1 Å². The van der Waals surface area contributed by atoms with Gasteiger partial charge in [-0.1, -0.05) is 42.5 Å². The highest BCUT2D eigenvalue weighted by Crippen LogP contribution is 2.25. The number of carbonyl (C=O) groups excluding carboxylic acids is 2. The second kappa shape index (κ2) is 6.88. The number of esters is 2. The maximum atomic E-state index is 12.1. The van der Waals surface area contributed by atoms with Gasteiger partial charge < -0.3 is 9.47 Å². The monoisotopic (exact) mass is 286 g/mol. The SMILES string of the molecule is CCOC(=O)C(C(=O)OCC)c1ccc2cccc-2cc1. The Morgan fingerprint density at radius 1 is 0.857 bits per heavy atom. The molecule has 0 aromatic rings. The summed E-state index contributed by atoms with van der Waals surface area (Å²) in [6.07, 6.45) is 0. The molecular formula is C17H18O4. The van der Waals surface area contributed by atoms with Gasteiger partial charge in [0, 0.05) is 0 Å². The third kappa shape index (κ3) is 3.40. The average Bonchev–Trinajstić information content (AvgIpc) is 2.81. The van der Waals surface area contributed by atoms with Crippen molar-refractivity contribution in [1.29, 1.82) is 0 Å². The summed E-state index contributed by atoms with van der Waals surface area (Å²) in [5, 5.41) is 0. The molecule has 0 saturated heterocycles. The summed E-state index contributed by atoms with van der Waals surface area (Å²) in [6, 6.07) is 13.2. The fourth-order valence-corrected chi connectivity index (χ4v) is 2.19. The summed E-state index contributed by atoms with van der Waals surface area (Å²) < 4.78 is 9.99. The van der Waals surface area contributed by atoms with Crippen LogP contribution in [-0.4, -0.2) is 25.2 Å². The highest BCUT2D eigenvalue weighted by molar-refractivity contribution is 6.00. The Morgan fingerprint density at radius 2 is 1.33 bits per heavy atom. The first-order valence-electron chi connectivity index (χ1n) is 6.99. The maximum absolute atomic E-state index is 12.1. The first-order valence-corrected chi connectivity index (χ1v) is 6.99. The molecular weight excluding hydrogens is 268 g/mol. The molecule has 0 fully saturated rings. The van der Waals surface area contributed by atoms with Crippen LogP contribution in [0.4, 0.5) is 0 Å². The molecule has 0 aromatic heterocycles. The lowest BCUT2D eigenvalue weighted by molar-refractivity contribution is -0.156. The van der Waals surface area contributed by atoms with Crippen LogP contribution >= 0.6 is 0 Å². The van der Waals surface area contributed by atoms with Gasteiger partial charge in [0.05, 0.1) is 13.2 Å². The molecule has 0 aliphatic heterocycles. The smallest absolute Gasteiger partial charge is 0.324 e. The van der Waals surface area contributed by atoms with Gasteiger partial charge in [0.15, 0.2) is 5.92 Å². The van der Waals surface area contributed by atoms with Gasteiger partial charge in [0.2, 0.25) is 0 Å². The number of carbonyl (C=O) groups is 2. The number of ether oxygens (including phenoxy) is 2. The molecule has 110 valence electrons. The topological polar surface area (TPSA) is 52.6 Å². The van der Waals surface area contributed by atoms with Crippen LogP contribution in [0.1, 0.15) is 25.3 Å². The average molecular weight is 286 g/mol. The lowest BCUT2D eigenvalue weighted by Gasteiger charge is -2.13. The fourth-order valence-electron chi connectivity index (χ4n) is 2.19. The van der Waals surface area contributed by atoms with Gasteiger partial charge in [-0.3, -0.25) is 9.59 Å². The van der Waals surface area contributed by atoms with E-state index in [-0.39, 0.29) is 13.2 Å². The first kappa shape index (κ1) is 15.0. The van der Waals surface area contributed by atoms with Gasteiger partial charge in [-0.2, -0.15) is 0 Å². The molecule has 4 heteroatoms. The highest BCUT2D eigenvalue weighted by atomic mass is 16.6. The van der Waals surface area contributed by atoms with Crippen molar-refractivity contribution in [2.45, 2.75) is 19.8 Å². The Kier molecular flexibility index (Phi) is 4.93. The van der Waals surface area contributed by atoms with E-state index < -0.39 is 17.9 Å². The minimum atomic E-state index is -1.04. The number of rotatable bonds is 5. The summed E-state index contributed by atoms with van der Waals surface area (Å²) in [5.74, 6) is -2.20. The molecule has 0 amide bonds. The van der Waals surface area contributed by atoms with Crippen LogP contribution in [0.15, 0.2) is 42.5 Å². The second-order valence-corrected chi connectivity index (χ2v) is 4.54. The van der Waals surface area contributed by atoms with Crippen LogP contribution in [0.25, 0.3) is 11.1 Å². The Morgan fingerprint density at radius 3 is 1.76 bits per heavy atom. The Balaban J connectivity index is 2.40. The predicted octanol–water partition coefficient (Wildman–Crippen LogP) is 3.00. The van der Waals surface area contributed by atoms with E-state index in [1.807, 2.05) is 30.3 Å². The van der Waals surface area contributed by atoms with E-state index in [2.05, 4.69) is 0 Å². The second-order valence-electron chi connectivity index (χ2n) is 4.54. The van der Waals surface area contributed by atoms with Gasteiger partial charge in [0.1, 0.15) is 0 Å². The molecule has 0 spiro atoms. The van der Waals surface area contributed by atoms with E-state index in [1.165, 1.54) is 0 Å². The van der Waals surface area contributed by atoms with Crippen molar-refractivity contribution in [2.24, 2.45) is 0 Å². The molecule has 2 aliphatic carbocycles. The zero-order valence-corrected chi connectivity index (χ0v) is 12.2. The quantitative estimate of drug-likeness (QED) is 0.626. The van der Waals surface area contributed by atoms with E-state index in [0.29, 0.717) is 5.56 Å². The molecule has 0 aromatic carbocycles. The first-order chi connectivity index (χ1) is 10.2. The summed E-state index contributed by atoms with van der Waals surface area (Å²) in [4.78, 5) is 24.1. The third-order valence-electron chi connectivity index (χ3n) is 3.17. The van der Waals surface area contributed by atoms with Crippen molar-refractivity contribution >= 4 is 11.9 Å². The number of fused-ring (bicyclic) bond motifs is 1. The van der Waals surface area contributed by atoms with Crippen molar-refractivity contribution in [3.05, 3.63) is 48.0 Å². The van der Waals surface area contributed by atoms with Gasteiger partial charge in [-0.15, -0.1) is 0 Å². The predicted molar refractivity (Wildman–Crippen MR) is 79.1 cm³/mol. The molecule has 4 nitrogen and oxygen atoms in total. The number of hydrogen-bond donors (Lipinski definition) is 0. The number of hydrogen-bond acceptors (Lipinski definition) is 4. The fraction of sp³-hybridized carbons (Fsp3) is 0.294. The molecule has 21 heavy (non-hydrogen) atoms. The van der Waals surface area contributed by atoms with Crippen LogP contribution in [0.5, 0.6) is 0 Å². The largest absolute Gasteiger partial charge is 0.465 e. The normalized spacial score (nSPS) is 10.6. The van der Waals surface area contributed by atoms with E-state index in [9.17, 15) is 9.59 Å². The van der Waals surface area contributed by atoms with Gasteiger partial charge >= 0.3 is 11.9 Å². The molecule has 2 aliphatic rings. The van der Waals surface area contributed by atoms with Crippen LogP contribution in [0.3, 0.4) is 0 Å². The Labute approximate surface area is 124 Å². The molecule has 0 radical (unpaired) electrons. The summed E-state index contributed by atoms with van der Waals surface area (Å²) in [7, 11) is 0. The lowest BCUT2D eigenvalue weighted by Crippen LogP contribution is -2.26. The van der Waals surface area contributed by atoms with Crippen LogP contribution in [0, 0.1) is 0 Å². The zero-order valence-electron chi connectivity index (χ0n) is 12.2. The molecule has 0 atom stereocenters. The van der Waals surface area contributed by atoms with E-state index in [4.69, 9.17) is 9.47 Å². The molecule has 2 rings (SSSR count). The van der Waals surface area contributed by atoms with Gasteiger partial charge in [-0.05, 0) is 30.5 Å². The van der Waals surface area contributed by atoms with Crippen LogP contribution < -0.4 is 0 Å². The molecule has 0 heterocycles. The van der Waals surface area contributed by atoms with Crippen LogP contribution in [0.2, 0.25) is 0 Å². The highest BCUT2D eigenvalue weighted by Gasteiger charge is 2.31. The standard InChI is InChI=1S/C17H18O4/c1-3-20-16(18)15(17(19)21-4-2)14-10-8-12-6-5-7-13(12)9-11-14/h5-11,15H,3-4H2,1-2H3. The van der Waals surface area contributed by atoms with Gasteiger partial charge in [-0.25, -0.2) is 0 Å². The van der Waals surface area contributed by atoms with Gasteiger partial charge in [0.25, 0.3) is 0 Å². The summed E-state index contributed by atoms with van der Waals surface area (Å²) in [5.41, 5.74) is 2.67. The third-order valence-corrected chi connectivity index (χ3v) is 3.17. The van der Waals surface area contributed by atoms with Crippen molar-refractivity contribution < 1.29 is 19.1 Å². The van der Waals surface area contributed by atoms with Crippen molar-refractivity contribution in [3.63, 3.8) is 0 Å². The van der Waals surface area contributed by atoms with Crippen molar-refractivity contribution in [2.75, 3.05) is 13.2 Å². The van der Waals surface area contributed by atoms with Crippen LogP contribution in [-0.2, 0) is 19.1 Å². The van der Waals surface area contributed by atoms with Crippen molar-refractivity contribution in [3.8, 4) is 11.1 Å². The van der Waals surface area contributed by atoms with Crippen molar-refractivity contribution in [1.82, 2.24) is 0 Å². The molecule has 0 bridgehead atoms.